The number of urea groups is 1. The molecule has 0 aliphatic carbocycles. The van der Waals surface area contributed by atoms with Crippen LogP contribution in [0.5, 0.6) is 5.75 Å². The summed E-state index contributed by atoms with van der Waals surface area (Å²) in [6.07, 6.45) is 4.01. The summed E-state index contributed by atoms with van der Waals surface area (Å²) in [5, 5.41) is 4.50. The summed E-state index contributed by atoms with van der Waals surface area (Å²) in [7, 11) is 3.86. The standard InChI is InChI=1S/C30H32N4O2S/c1-4-20-8-5-6-9-25(20)31-30(35)34-18-24-23-15-17-32(2)19-27(23)37-29(24)33-16-7-10-26(33)28(34)21-11-13-22(36-3)14-12-21/h5-14,16,28H,4,15,17-19H2,1-3H3,(H,31,35)/t28-/m0/s1. The van der Waals surface area contributed by atoms with Crippen LogP contribution in [-0.2, 0) is 25.9 Å². The summed E-state index contributed by atoms with van der Waals surface area (Å²) in [6, 6.07) is 20.1. The lowest BCUT2D eigenvalue weighted by atomic mass is 10.00. The van der Waals surface area contributed by atoms with Crippen molar-refractivity contribution < 1.29 is 9.53 Å². The largest absolute Gasteiger partial charge is 0.497 e. The van der Waals surface area contributed by atoms with Crippen molar-refractivity contribution in [1.29, 1.82) is 0 Å². The van der Waals surface area contributed by atoms with Gasteiger partial charge >= 0.3 is 6.03 Å². The number of para-hydroxylation sites is 1. The first-order valence-corrected chi connectivity index (χ1v) is 13.7. The Balaban J connectivity index is 1.49. The maximum absolute atomic E-state index is 14.2. The van der Waals surface area contributed by atoms with Gasteiger partial charge in [0.05, 0.1) is 25.4 Å². The fourth-order valence-corrected chi connectivity index (χ4v) is 7.07. The van der Waals surface area contributed by atoms with Gasteiger partial charge in [0.15, 0.2) is 0 Å². The van der Waals surface area contributed by atoms with Gasteiger partial charge in [-0.15, -0.1) is 11.3 Å². The number of nitrogens with one attached hydrogen (secondary N) is 1. The monoisotopic (exact) mass is 512 g/mol. The Kier molecular flexibility index (Phi) is 6.26. The number of anilines is 1. The van der Waals surface area contributed by atoms with Gasteiger partial charge < -0.3 is 24.4 Å². The molecule has 7 heteroatoms. The molecule has 4 aromatic rings. The van der Waals surface area contributed by atoms with Gasteiger partial charge in [0.25, 0.3) is 0 Å². The van der Waals surface area contributed by atoms with Gasteiger partial charge in [-0.3, -0.25) is 0 Å². The van der Waals surface area contributed by atoms with Gasteiger partial charge in [-0.25, -0.2) is 4.79 Å². The number of methoxy groups -OCH3 is 1. The summed E-state index contributed by atoms with van der Waals surface area (Å²) in [6.45, 7) is 4.67. The predicted octanol–water partition coefficient (Wildman–Crippen LogP) is 6.23. The normalized spacial score (nSPS) is 16.9. The lowest BCUT2D eigenvalue weighted by molar-refractivity contribution is 0.194. The highest BCUT2D eigenvalue weighted by molar-refractivity contribution is 7.15. The van der Waals surface area contributed by atoms with Crippen LogP contribution < -0.4 is 10.1 Å². The lowest BCUT2D eigenvalue weighted by Crippen LogP contribution is -2.38. The molecule has 190 valence electrons. The van der Waals surface area contributed by atoms with Crippen LogP contribution in [0.15, 0.2) is 66.9 Å². The van der Waals surface area contributed by atoms with Gasteiger partial charge in [0.1, 0.15) is 10.8 Å². The minimum absolute atomic E-state index is 0.0878. The van der Waals surface area contributed by atoms with Crippen molar-refractivity contribution in [3.63, 3.8) is 0 Å². The van der Waals surface area contributed by atoms with Crippen molar-refractivity contribution in [2.45, 2.75) is 38.9 Å². The number of hydrogen-bond acceptors (Lipinski definition) is 4. The van der Waals surface area contributed by atoms with Gasteiger partial charge in [-0.2, -0.15) is 0 Å². The molecular formula is C30H32N4O2S. The molecule has 2 aromatic heterocycles. The van der Waals surface area contributed by atoms with Crippen molar-refractivity contribution >= 4 is 23.1 Å². The first-order valence-electron chi connectivity index (χ1n) is 12.9. The second kappa shape index (κ2) is 9.72. The summed E-state index contributed by atoms with van der Waals surface area (Å²) >= 11 is 1.87. The highest BCUT2D eigenvalue weighted by Gasteiger charge is 2.36. The van der Waals surface area contributed by atoms with E-state index < -0.39 is 0 Å². The topological polar surface area (TPSA) is 49.7 Å². The van der Waals surface area contributed by atoms with E-state index >= 15 is 0 Å². The molecule has 2 aromatic carbocycles. The maximum atomic E-state index is 14.2. The van der Waals surface area contributed by atoms with Gasteiger partial charge in [0, 0.05) is 35.4 Å². The number of likely N-dealkylation sites (N-methyl/N-ethyl adjacent to an activating group) is 1. The third kappa shape index (κ3) is 4.22. The first kappa shape index (κ1) is 23.8. The Hall–Kier alpha value is -3.55. The molecule has 2 aliphatic heterocycles. The third-order valence-electron chi connectivity index (χ3n) is 7.59. The van der Waals surface area contributed by atoms with Crippen molar-refractivity contribution in [2.24, 2.45) is 0 Å². The summed E-state index contributed by atoms with van der Waals surface area (Å²) in [5.41, 5.74) is 6.85. The van der Waals surface area contributed by atoms with Gasteiger partial charge in [0.2, 0.25) is 0 Å². The van der Waals surface area contributed by atoms with E-state index in [1.165, 1.54) is 21.0 Å². The molecule has 6 rings (SSSR count). The molecule has 2 aliphatic rings. The Morgan fingerprint density at radius 2 is 1.86 bits per heavy atom. The minimum Gasteiger partial charge on any atom is -0.497 e. The number of thiophene rings is 1. The Morgan fingerprint density at radius 3 is 2.65 bits per heavy atom. The van der Waals surface area contributed by atoms with Crippen LogP contribution in [0, 0.1) is 0 Å². The molecule has 0 saturated carbocycles. The van der Waals surface area contributed by atoms with Crippen LogP contribution in [0.4, 0.5) is 10.5 Å². The van der Waals surface area contributed by atoms with Crippen molar-refractivity contribution in [1.82, 2.24) is 14.4 Å². The van der Waals surface area contributed by atoms with Gasteiger partial charge in [-0.1, -0.05) is 37.3 Å². The predicted molar refractivity (Wildman–Crippen MR) is 149 cm³/mol. The summed E-state index contributed by atoms with van der Waals surface area (Å²) in [4.78, 5) is 20.0. The Labute approximate surface area is 222 Å². The van der Waals surface area contributed by atoms with Crippen LogP contribution in [-0.4, -0.2) is 41.1 Å². The van der Waals surface area contributed by atoms with E-state index in [4.69, 9.17) is 4.74 Å². The molecule has 0 unspecified atom stereocenters. The molecule has 4 heterocycles. The van der Waals surface area contributed by atoms with Crippen LogP contribution >= 0.6 is 11.3 Å². The van der Waals surface area contributed by atoms with E-state index in [1.807, 2.05) is 46.6 Å². The second-order valence-corrected chi connectivity index (χ2v) is 10.9. The van der Waals surface area contributed by atoms with E-state index in [2.05, 4.69) is 65.3 Å². The zero-order chi connectivity index (χ0) is 25.5. The van der Waals surface area contributed by atoms with Crippen LogP contribution in [0.25, 0.3) is 5.00 Å². The third-order valence-corrected chi connectivity index (χ3v) is 8.85. The molecule has 0 spiro atoms. The van der Waals surface area contributed by atoms with Crippen molar-refractivity contribution in [2.75, 3.05) is 26.0 Å². The number of aromatic nitrogens is 1. The van der Waals surface area contributed by atoms with E-state index in [0.29, 0.717) is 6.54 Å². The Bertz CT molecular complexity index is 1440. The highest BCUT2D eigenvalue weighted by atomic mass is 32.1. The number of fused-ring (bicyclic) bond motifs is 5. The number of rotatable bonds is 4. The zero-order valence-electron chi connectivity index (χ0n) is 21.5. The molecule has 6 nitrogen and oxygen atoms in total. The molecule has 2 amide bonds. The van der Waals surface area contributed by atoms with E-state index in [-0.39, 0.29) is 12.1 Å². The van der Waals surface area contributed by atoms with Crippen molar-refractivity contribution in [3.8, 4) is 10.8 Å². The fraction of sp³-hybridized carbons (Fsp3) is 0.300. The number of amides is 2. The number of nitrogens with zero attached hydrogens (tertiary/aromatic N) is 3. The summed E-state index contributed by atoms with van der Waals surface area (Å²) in [5.74, 6) is 0.804. The number of aryl methyl sites for hydroxylation is 1. The van der Waals surface area contributed by atoms with E-state index in [9.17, 15) is 4.79 Å². The first-order chi connectivity index (χ1) is 18.1. The number of benzene rings is 2. The molecule has 0 bridgehead atoms. The molecular weight excluding hydrogens is 480 g/mol. The lowest BCUT2D eigenvalue weighted by Gasteiger charge is -2.32. The number of carbonyl (C=O) groups is 1. The quantitative estimate of drug-likeness (QED) is 0.352. The van der Waals surface area contributed by atoms with Crippen LogP contribution in [0.2, 0.25) is 0 Å². The molecule has 0 fully saturated rings. The fourth-order valence-electron chi connectivity index (χ4n) is 5.63. The molecule has 1 N–H and O–H groups in total. The summed E-state index contributed by atoms with van der Waals surface area (Å²) < 4.78 is 7.73. The zero-order valence-corrected chi connectivity index (χ0v) is 22.3. The highest BCUT2D eigenvalue weighted by Crippen LogP contribution is 2.43. The number of hydrogen-bond donors (Lipinski definition) is 1. The van der Waals surface area contributed by atoms with Crippen LogP contribution in [0.3, 0.4) is 0 Å². The smallest absolute Gasteiger partial charge is 0.322 e. The Morgan fingerprint density at radius 1 is 1.05 bits per heavy atom. The number of ether oxygens (including phenoxy) is 1. The second-order valence-electron chi connectivity index (χ2n) is 9.82. The molecule has 37 heavy (non-hydrogen) atoms. The molecule has 1 atom stereocenters. The minimum atomic E-state index is -0.240. The van der Waals surface area contributed by atoms with Gasteiger partial charge in [-0.05, 0) is 66.9 Å². The SMILES string of the molecule is CCc1ccccc1NC(=O)N1Cc2c(sc3c2CCN(C)C3)-n2cccc2[C@@H]1c1ccc(OC)cc1. The van der Waals surface area contributed by atoms with Crippen molar-refractivity contribution in [3.05, 3.63) is 99.7 Å². The average molecular weight is 513 g/mol. The van der Waals surface area contributed by atoms with E-state index in [0.717, 1.165) is 54.2 Å². The van der Waals surface area contributed by atoms with E-state index in [1.54, 1.807) is 7.11 Å². The number of carbonyl (C=O) groups excluding carboxylic acids is 1. The average Bonchev–Trinajstić information content (AvgIpc) is 3.50. The van der Waals surface area contributed by atoms with Crippen LogP contribution in [0.1, 0.15) is 45.8 Å². The molecule has 0 radical (unpaired) electrons. The molecule has 0 saturated heterocycles. The maximum Gasteiger partial charge on any atom is 0.322 e.